The summed E-state index contributed by atoms with van der Waals surface area (Å²) in [5.74, 6) is 1.44. The molecule has 2 aliphatic heterocycles. The Bertz CT molecular complexity index is 465. The van der Waals surface area contributed by atoms with E-state index in [0.29, 0.717) is 24.0 Å². The van der Waals surface area contributed by atoms with Gasteiger partial charge in [-0.3, -0.25) is 4.79 Å². The molecule has 0 radical (unpaired) electrons. The van der Waals surface area contributed by atoms with Crippen LogP contribution in [0.1, 0.15) is 46.0 Å². The normalized spacial score (nSPS) is 43.9. The molecule has 3 heteroatoms. The van der Waals surface area contributed by atoms with Crippen molar-refractivity contribution < 1.29 is 14.3 Å². The van der Waals surface area contributed by atoms with Gasteiger partial charge in [0.15, 0.2) is 0 Å². The Hall–Kier alpha value is -0.830. The first-order valence-corrected chi connectivity index (χ1v) is 8.06. The van der Waals surface area contributed by atoms with Gasteiger partial charge in [0.25, 0.3) is 0 Å². The first-order chi connectivity index (χ1) is 9.55. The molecular formula is C17H24O3. The Morgan fingerprint density at radius 2 is 2.25 bits per heavy atom. The van der Waals surface area contributed by atoms with E-state index in [1.165, 1.54) is 12.0 Å². The maximum absolute atomic E-state index is 12.2. The van der Waals surface area contributed by atoms with E-state index in [2.05, 4.69) is 19.9 Å². The Kier molecular flexibility index (Phi) is 2.79. The monoisotopic (exact) mass is 276 g/mol. The van der Waals surface area contributed by atoms with E-state index < -0.39 is 0 Å². The predicted octanol–water partition coefficient (Wildman–Crippen LogP) is 3.09. The molecule has 0 aromatic carbocycles. The maximum Gasteiger partial charge on any atom is 0.312 e. The van der Waals surface area contributed by atoms with Crippen molar-refractivity contribution in [2.24, 2.45) is 23.2 Å². The molecule has 3 aliphatic carbocycles. The van der Waals surface area contributed by atoms with Gasteiger partial charge in [0.05, 0.1) is 18.1 Å². The Balaban J connectivity index is 1.35. The van der Waals surface area contributed by atoms with Gasteiger partial charge in [-0.1, -0.05) is 19.9 Å². The highest BCUT2D eigenvalue weighted by molar-refractivity contribution is 5.74. The first-order valence-electron chi connectivity index (χ1n) is 8.06. The van der Waals surface area contributed by atoms with Crippen LogP contribution in [0.3, 0.4) is 0 Å². The Morgan fingerprint density at radius 1 is 1.40 bits per heavy atom. The molecule has 0 spiro atoms. The number of fused-ring (bicyclic) bond motifs is 3. The third-order valence-corrected chi connectivity index (χ3v) is 6.37. The fourth-order valence-electron chi connectivity index (χ4n) is 4.79. The molecule has 0 N–H and O–H groups in total. The van der Waals surface area contributed by atoms with E-state index in [0.717, 1.165) is 31.6 Å². The number of allylic oxidation sites excluding steroid dienone is 1. The predicted molar refractivity (Wildman–Crippen MR) is 75.0 cm³/mol. The van der Waals surface area contributed by atoms with Crippen LogP contribution in [-0.4, -0.2) is 24.8 Å². The van der Waals surface area contributed by atoms with Gasteiger partial charge in [-0.2, -0.15) is 0 Å². The molecular weight excluding hydrogens is 252 g/mol. The summed E-state index contributed by atoms with van der Waals surface area (Å²) < 4.78 is 11.4. The third-order valence-electron chi connectivity index (χ3n) is 6.37. The average molecular weight is 276 g/mol. The van der Waals surface area contributed by atoms with Crippen LogP contribution in [-0.2, 0) is 14.3 Å². The minimum atomic E-state index is -0.0302. The number of ether oxygens (including phenoxy) is 2. The first kappa shape index (κ1) is 12.9. The second kappa shape index (κ2) is 4.33. The quantitative estimate of drug-likeness (QED) is 0.587. The number of rotatable bonds is 3. The molecule has 3 fully saturated rings. The molecule has 5 atom stereocenters. The van der Waals surface area contributed by atoms with E-state index >= 15 is 0 Å². The van der Waals surface area contributed by atoms with Gasteiger partial charge in [0.1, 0.15) is 6.61 Å². The van der Waals surface area contributed by atoms with Crippen molar-refractivity contribution in [2.75, 3.05) is 6.61 Å². The highest BCUT2D eigenvalue weighted by atomic mass is 16.5. The minimum absolute atomic E-state index is 0.0000831. The van der Waals surface area contributed by atoms with Gasteiger partial charge in [0, 0.05) is 0 Å². The van der Waals surface area contributed by atoms with E-state index in [1.807, 2.05) is 0 Å². The zero-order valence-corrected chi connectivity index (χ0v) is 12.4. The second-order valence-electron chi connectivity index (χ2n) is 7.65. The summed E-state index contributed by atoms with van der Waals surface area (Å²) in [5, 5.41) is 0. The van der Waals surface area contributed by atoms with Gasteiger partial charge in [0.2, 0.25) is 0 Å². The standard InChI is InChI=1S/C17H24O3/c1-17(2)11-4-3-10(14(17)7-11)9-19-16(18)13-8-12-5-6-15(13)20-12/h3,11-15H,4-9H2,1-2H3/t11-,12+,13+,14-,15+/m0/s1. The van der Waals surface area contributed by atoms with Crippen molar-refractivity contribution in [1.82, 2.24) is 0 Å². The molecule has 5 aliphatic rings. The van der Waals surface area contributed by atoms with Gasteiger partial charge < -0.3 is 9.47 Å². The largest absolute Gasteiger partial charge is 0.461 e. The molecule has 1 saturated carbocycles. The van der Waals surface area contributed by atoms with Crippen LogP contribution in [0.25, 0.3) is 0 Å². The van der Waals surface area contributed by atoms with Crippen molar-refractivity contribution >= 4 is 5.97 Å². The maximum atomic E-state index is 12.2. The van der Waals surface area contributed by atoms with E-state index in [4.69, 9.17) is 9.47 Å². The average Bonchev–Trinajstić information content (AvgIpc) is 3.07. The van der Waals surface area contributed by atoms with Gasteiger partial charge in [-0.25, -0.2) is 0 Å². The topological polar surface area (TPSA) is 35.5 Å². The van der Waals surface area contributed by atoms with E-state index in [1.54, 1.807) is 0 Å². The lowest BCUT2D eigenvalue weighted by molar-refractivity contribution is -0.150. The number of hydrogen-bond donors (Lipinski definition) is 0. The molecule has 0 amide bonds. The lowest BCUT2D eigenvalue weighted by Gasteiger charge is -2.56. The summed E-state index contributed by atoms with van der Waals surface area (Å²) in [4.78, 5) is 12.2. The van der Waals surface area contributed by atoms with Crippen LogP contribution < -0.4 is 0 Å². The molecule has 2 heterocycles. The fourth-order valence-corrected chi connectivity index (χ4v) is 4.79. The highest BCUT2D eigenvalue weighted by Crippen LogP contribution is 2.59. The Labute approximate surface area is 120 Å². The van der Waals surface area contributed by atoms with Crippen LogP contribution in [0.15, 0.2) is 11.6 Å². The summed E-state index contributed by atoms with van der Waals surface area (Å²) in [6.45, 7) is 5.21. The molecule has 2 saturated heterocycles. The molecule has 3 nitrogen and oxygen atoms in total. The van der Waals surface area contributed by atoms with Crippen molar-refractivity contribution in [3.63, 3.8) is 0 Å². The van der Waals surface area contributed by atoms with Crippen LogP contribution in [0, 0.1) is 23.2 Å². The number of carbonyl (C=O) groups is 1. The highest BCUT2D eigenvalue weighted by Gasteiger charge is 2.51. The SMILES string of the molecule is CC1(C)[C@H]2CC=C(COC(=O)[C@@H]3C[C@H]4CC[C@H]3O4)[C@@H]1C2. The van der Waals surface area contributed by atoms with Gasteiger partial charge in [-0.05, 0) is 54.9 Å². The van der Waals surface area contributed by atoms with Crippen LogP contribution in [0.2, 0.25) is 0 Å². The van der Waals surface area contributed by atoms with Crippen molar-refractivity contribution in [3.05, 3.63) is 11.6 Å². The number of carbonyl (C=O) groups excluding carboxylic acids is 1. The van der Waals surface area contributed by atoms with Crippen LogP contribution in [0.4, 0.5) is 0 Å². The van der Waals surface area contributed by atoms with Gasteiger partial charge >= 0.3 is 5.97 Å². The third kappa shape index (κ3) is 1.78. The summed E-state index contributed by atoms with van der Waals surface area (Å²) in [7, 11) is 0. The van der Waals surface area contributed by atoms with Gasteiger partial charge in [-0.15, -0.1) is 0 Å². The smallest absolute Gasteiger partial charge is 0.312 e. The molecule has 4 bridgehead atoms. The molecule has 0 aromatic heterocycles. The van der Waals surface area contributed by atoms with Crippen molar-refractivity contribution in [3.8, 4) is 0 Å². The number of hydrogen-bond acceptors (Lipinski definition) is 3. The Morgan fingerprint density at radius 3 is 2.85 bits per heavy atom. The van der Waals surface area contributed by atoms with Crippen LogP contribution in [0.5, 0.6) is 0 Å². The molecule has 0 unspecified atom stereocenters. The lowest BCUT2D eigenvalue weighted by Crippen LogP contribution is -2.48. The zero-order chi connectivity index (χ0) is 13.9. The fraction of sp³-hybridized carbons (Fsp3) is 0.824. The molecule has 110 valence electrons. The van der Waals surface area contributed by atoms with Crippen LogP contribution >= 0.6 is 0 Å². The van der Waals surface area contributed by atoms with E-state index in [-0.39, 0.29) is 18.0 Å². The summed E-state index contributed by atoms with van der Waals surface area (Å²) in [6, 6.07) is 0. The minimum Gasteiger partial charge on any atom is -0.461 e. The zero-order valence-electron chi connectivity index (χ0n) is 12.4. The molecule has 5 rings (SSSR count). The summed E-state index contributed by atoms with van der Waals surface area (Å²) >= 11 is 0. The second-order valence-corrected chi connectivity index (χ2v) is 7.65. The molecule has 20 heavy (non-hydrogen) atoms. The summed E-state index contributed by atoms with van der Waals surface area (Å²) in [5.41, 5.74) is 1.77. The lowest BCUT2D eigenvalue weighted by atomic mass is 9.49. The van der Waals surface area contributed by atoms with E-state index in [9.17, 15) is 4.79 Å². The van der Waals surface area contributed by atoms with Crippen molar-refractivity contribution in [2.45, 2.75) is 58.2 Å². The van der Waals surface area contributed by atoms with Crippen molar-refractivity contribution in [1.29, 1.82) is 0 Å². The number of esters is 1. The summed E-state index contributed by atoms with van der Waals surface area (Å²) in [6.07, 6.45) is 8.24. The molecule has 0 aromatic rings.